The summed E-state index contributed by atoms with van der Waals surface area (Å²) in [5.74, 6) is 0. The van der Waals surface area contributed by atoms with Crippen molar-refractivity contribution in [3.8, 4) is 0 Å². The third kappa shape index (κ3) is 5.82. The smallest absolute Gasteiger partial charge is 0.215 e. The van der Waals surface area contributed by atoms with Gasteiger partial charge >= 0.3 is 0 Å². The van der Waals surface area contributed by atoms with Crippen molar-refractivity contribution in [2.75, 3.05) is 0 Å². The van der Waals surface area contributed by atoms with E-state index in [4.69, 9.17) is 0 Å². The third-order valence-corrected chi connectivity index (χ3v) is 1.82. The van der Waals surface area contributed by atoms with Gasteiger partial charge in [0, 0.05) is 0 Å². The van der Waals surface area contributed by atoms with Crippen LogP contribution in [0.15, 0.2) is 0 Å². The molecule has 0 aliphatic heterocycles. The molecule has 0 heterocycles. The van der Waals surface area contributed by atoms with Crippen molar-refractivity contribution in [2.24, 2.45) is 5.14 Å². The van der Waals surface area contributed by atoms with Crippen LogP contribution in [0.1, 0.15) is 0 Å². The second-order valence-electron chi connectivity index (χ2n) is 0.893. The minimum absolute atomic E-state index is 1.09. The first-order valence-electron chi connectivity index (χ1n) is 1.36. The Morgan fingerprint density at radius 1 is 1.38 bits per heavy atom. The molecule has 0 spiro atoms. The predicted molar refractivity (Wildman–Crippen MR) is 26.6 cm³/mol. The molecular weight excluding hydrogens is 156 g/mol. The van der Waals surface area contributed by atoms with Gasteiger partial charge in [0.15, 0.2) is 0 Å². The van der Waals surface area contributed by atoms with Gasteiger partial charge in [0.25, 0.3) is 10.2 Å². The maximum Gasteiger partial charge on any atom is 0.287 e. The fourth-order valence-corrected chi connectivity index (χ4v) is 0.935. The molecule has 0 bridgehead atoms. The standard InChI is InChI=1S/H4N2O4S2/c1-8(5,6)2-7(3)4/h7H,(H2,1,5,6)(H,2,3,4). The molecule has 0 saturated carbocycles. The zero-order valence-corrected chi connectivity index (χ0v) is 5.28. The van der Waals surface area contributed by atoms with Crippen LogP contribution in [0.3, 0.4) is 0 Å². The largest absolute Gasteiger partial charge is 0.287 e. The van der Waals surface area contributed by atoms with Crippen LogP contribution in [-0.4, -0.2) is 16.8 Å². The van der Waals surface area contributed by atoms with Crippen LogP contribution in [0.2, 0.25) is 0 Å². The lowest BCUT2D eigenvalue weighted by atomic mass is 13.9. The fourth-order valence-electron chi connectivity index (χ4n) is 0.104. The highest BCUT2D eigenvalue weighted by Gasteiger charge is 1.98. The molecule has 0 unspecified atom stereocenters. The fraction of sp³-hybridized carbons (Fsp3) is 0. The van der Waals surface area contributed by atoms with E-state index in [2.05, 4.69) is 5.14 Å². The van der Waals surface area contributed by atoms with Gasteiger partial charge in [-0.3, -0.25) is 0 Å². The molecule has 3 N–H and O–H groups in total. The van der Waals surface area contributed by atoms with Crippen molar-refractivity contribution in [1.29, 1.82) is 0 Å². The van der Waals surface area contributed by atoms with E-state index in [1.165, 1.54) is 0 Å². The monoisotopic (exact) mass is 160 g/mol. The van der Waals surface area contributed by atoms with Crippen molar-refractivity contribution in [3.05, 3.63) is 0 Å². The number of nitrogens with two attached hydrogens (primary N) is 1. The second-order valence-corrected chi connectivity index (χ2v) is 3.23. The van der Waals surface area contributed by atoms with Crippen molar-refractivity contribution in [2.45, 2.75) is 0 Å². The van der Waals surface area contributed by atoms with Crippen molar-refractivity contribution in [1.82, 2.24) is 4.13 Å². The van der Waals surface area contributed by atoms with Crippen LogP contribution < -0.4 is 9.27 Å². The summed E-state index contributed by atoms with van der Waals surface area (Å²) < 4.78 is 39.5. The number of nitrogens with one attached hydrogen (secondary N) is 1. The molecule has 50 valence electrons. The lowest BCUT2D eigenvalue weighted by Crippen LogP contribution is -2.29. The zero-order chi connectivity index (χ0) is 6.78. The Balaban J connectivity index is 4.16. The summed E-state index contributed by atoms with van der Waals surface area (Å²) in [6.07, 6.45) is 0. The first-order chi connectivity index (χ1) is 3.42. The van der Waals surface area contributed by atoms with Crippen LogP contribution in [0.25, 0.3) is 0 Å². The molecule has 6 nitrogen and oxygen atoms in total. The summed E-state index contributed by atoms with van der Waals surface area (Å²) in [5, 5.41) is 4.21. The van der Waals surface area contributed by atoms with E-state index >= 15 is 0 Å². The highest BCUT2D eigenvalue weighted by atomic mass is 32.3. The lowest BCUT2D eigenvalue weighted by Gasteiger charge is -1.85. The van der Waals surface area contributed by atoms with Crippen LogP contribution in [-0.2, 0) is 21.1 Å². The molecule has 0 rings (SSSR count). The number of hydrogen-bond donors (Lipinski definition) is 3. The molecule has 8 heteroatoms. The van der Waals surface area contributed by atoms with E-state index in [1.54, 1.807) is 0 Å². The Kier molecular flexibility index (Phi) is 2.34. The number of hydrogen-bond acceptors (Lipinski definition) is 4. The molecular formula is H4N2O4S2. The third-order valence-electron chi connectivity index (χ3n) is 0.202. The Bertz CT molecular complexity index is 212. The summed E-state index contributed by atoms with van der Waals surface area (Å²) in [7, 11) is -7.22. The van der Waals surface area contributed by atoms with E-state index in [0.29, 0.717) is 0 Å². The van der Waals surface area contributed by atoms with Gasteiger partial charge in [-0.15, -0.1) is 0 Å². The van der Waals surface area contributed by atoms with Crippen LogP contribution in [0, 0.1) is 0 Å². The van der Waals surface area contributed by atoms with E-state index in [9.17, 15) is 16.8 Å². The van der Waals surface area contributed by atoms with Gasteiger partial charge < -0.3 is 0 Å². The summed E-state index contributed by atoms with van der Waals surface area (Å²) in [4.78, 5) is 0. The molecule has 0 atom stereocenters. The molecule has 8 heavy (non-hydrogen) atoms. The highest BCUT2D eigenvalue weighted by Crippen LogP contribution is 1.61. The average molecular weight is 160 g/mol. The Hall–Kier alpha value is -0.180. The van der Waals surface area contributed by atoms with E-state index < -0.39 is 21.1 Å². The van der Waals surface area contributed by atoms with Crippen LogP contribution in [0.4, 0.5) is 0 Å². The topological polar surface area (TPSA) is 106 Å². The molecule has 0 saturated heterocycles. The molecule has 0 radical (unpaired) electrons. The van der Waals surface area contributed by atoms with Crippen molar-refractivity contribution < 1.29 is 16.8 Å². The number of thiol groups is 1. The molecule has 0 fully saturated rings. The van der Waals surface area contributed by atoms with Gasteiger partial charge in [-0.2, -0.15) is 8.42 Å². The first-order valence-corrected chi connectivity index (χ1v) is 4.09. The summed E-state index contributed by atoms with van der Waals surface area (Å²) in [6.45, 7) is 0. The normalized spacial score (nSPS) is 12.2. The number of rotatable bonds is 2. The molecule has 0 aromatic carbocycles. The summed E-state index contributed by atoms with van der Waals surface area (Å²) in [5.41, 5.74) is 0. The Morgan fingerprint density at radius 2 is 1.75 bits per heavy atom. The average Bonchev–Trinajstić information content (AvgIpc) is 1.21. The van der Waals surface area contributed by atoms with E-state index in [1.807, 2.05) is 0 Å². The van der Waals surface area contributed by atoms with Crippen LogP contribution >= 0.6 is 0 Å². The zero-order valence-electron chi connectivity index (χ0n) is 3.57. The molecule has 0 amide bonds. The van der Waals surface area contributed by atoms with Gasteiger partial charge in [0.1, 0.15) is 0 Å². The molecule has 0 aliphatic carbocycles. The van der Waals surface area contributed by atoms with E-state index in [-0.39, 0.29) is 0 Å². The minimum atomic E-state index is -4.07. The van der Waals surface area contributed by atoms with Gasteiger partial charge in [0.05, 0.1) is 0 Å². The highest BCUT2D eigenvalue weighted by molar-refractivity contribution is 7.96. The Morgan fingerprint density at radius 3 is 1.75 bits per heavy atom. The molecule has 0 aliphatic rings. The quantitative estimate of drug-likeness (QED) is 0.382. The van der Waals surface area contributed by atoms with Crippen molar-refractivity contribution in [3.63, 3.8) is 0 Å². The predicted octanol–water partition coefficient (Wildman–Crippen LogP) is -2.69. The second kappa shape index (κ2) is 2.40. The summed E-state index contributed by atoms with van der Waals surface area (Å²) in [6, 6.07) is 0. The Labute approximate surface area is 48.0 Å². The molecule has 0 aromatic heterocycles. The van der Waals surface area contributed by atoms with Gasteiger partial charge in [0.2, 0.25) is 10.9 Å². The van der Waals surface area contributed by atoms with Crippen molar-refractivity contribution >= 4 is 21.1 Å². The lowest BCUT2D eigenvalue weighted by molar-refractivity contribution is 0.587. The molecule has 0 aromatic rings. The maximum absolute atomic E-state index is 9.72. The first kappa shape index (κ1) is 7.82. The van der Waals surface area contributed by atoms with Gasteiger partial charge in [-0.05, 0) is 0 Å². The SMILES string of the molecule is NS(=O)(=O)N[SH](=O)=O. The van der Waals surface area contributed by atoms with Crippen LogP contribution in [0.5, 0.6) is 0 Å². The van der Waals surface area contributed by atoms with Gasteiger partial charge in [-0.25, -0.2) is 13.6 Å². The maximum atomic E-state index is 9.72. The van der Waals surface area contributed by atoms with Gasteiger partial charge in [-0.1, -0.05) is 4.13 Å². The summed E-state index contributed by atoms with van der Waals surface area (Å²) >= 11 is 0. The van der Waals surface area contributed by atoms with E-state index in [0.717, 1.165) is 4.13 Å². The minimum Gasteiger partial charge on any atom is -0.215 e.